The molecule has 10 nitrogen and oxygen atoms in total. The highest BCUT2D eigenvalue weighted by Crippen LogP contribution is 2.32. The molecule has 0 unspecified atom stereocenters. The Balaban J connectivity index is 2.30. The number of benzene rings is 1. The minimum absolute atomic E-state index is 0.130. The summed E-state index contributed by atoms with van der Waals surface area (Å²) in [5, 5.41) is 10.9. The Bertz CT molecular complexity index is 1090. The minimum atomic E-state index is -0.537. The number of fused-ring (bicyclic) bond motifs is 1. The summed E-state index contributed by atoms with van der Waals surface area (Å²) < 4.78 is 7.39. The summed E-state index contributed by atoms with van der Waals surface area (Å²) in [5.41, 5.74) is -0.341. The zero-order valence-corrected chi connectivity index (χ0v) is 13.1. The van der Waals surface area contributed by atoms with Gasteiger partial charge in [-0.3, -0.25) is 24.0 Å². The largest absolute Gasteiger partial charge is 0.496 e. The van der Waals surface area contributed by atoms with Crippen LogP contribution >= 0.6 is 0 Å². The topological polar surface area (TPSA) is 125 Å². The standard InChI is InChI=1S/C14H13N5O5/c1-17-12-10(13(20)18(2)14(17)21)15-11(16-12)8-5-4-7(19(22)23)6-9(8)24-3/h4-6H,1-3H3,(H,15,16). The average molecular weight is 331 g/mol. The number of hydrogen-bond donors (Lipinski definition) is 1. The number of ether oxygens (including phenoxy) is 1. The number of nitrogens with zero attached hydrogens (tertiary/aromatic N) is 4. The average Bonchev–Trinajstić information content (AvgIpc) is 3.02. The monoisotopic (exact) mass is 331 g/mol. The molecular formula is C14H13N5O5. The quantitative estimate of drug-likeness (QED) is 0.551. The van der Waals surface area contributed by atoms with Crippen molar-refractivity contribution < 1.29 is 9.66 Å². The summed E-state index contributed by atoms with van der Waals surface area (Å²) >= 11 is 0. The highest BCUT2D eigenvalue weighted by atomic mass is 16.6. The number of nitro groups is 1. The highest BCUT2D eigenvalue weighted by Gasteiger charge is 2.18. The molecule has 0 radical (unpaired) electrons. The lowest BCUT2D eigenvalue weighted by Crippen LogP contribution is -2.36. The molecular weight excluding hydrogens is 318 g/mol. The fraction of sp³-hybridized carbons (Fsp3) is 0.214. The molecule has 24 heavy (non-hydrogen) atoms. The van der Waals surface area contributed by atoms with E-state index in [9.17, 15) is 19.7 Å². The third-order valence-electron chi connectivity index (χ3n) is 3.75. The van der Waals surface area contributed by atoms with E-state index in [2.05, 4.69) is 9.97 Å². The highest BCUT2D eigenvalue weighted by molar-refractivity contribution is 5.78. The molecule has 2 heterocycles. The van der Waals surface area contributed by atoms with Gasteiger partial charge in [0.15, 0.2) is 5.65 Å². The fourth-order valence-corrected chi connectivity index (χ4v) is 2.44. The summed E-state index contributed by atoms with van der Waals surface area (Å²) in [5.74, 6) is 0.500. The van der Waals surface area contributed by atoms with E-state index < -0.39 is 16.2 Å². The van der Waals surface area contributed by atoms with E-state index in [1.54, 1.807) is 0 Å². The van der Waals surface area contributed by atoms with Gasteiger partial charge < -0.3 is 9.72 Å². The first-order valence-electron chi connectivity index (χ1n) is 6.83. The third kappa shape index (κ3) is 2.16. The molecule has 3 aromatic rings. The van der Waals surface area contributed by atoms with Crippen LogP contribution in [-0.2, 0) is 14.1 Å². The van der Waals surface area contributed by atoms with Crippen molar-refractivity contribution in [3.63, 3.8) is 0 Å². The molecule has 1 aromatic carbocycles. The smallest absolute Gasteiger partial charge is 0.332 e. The molecule has 0 aliphatic heterocycles. The first-order chi connectivity index (χ1) is 11.3. The van der Waals surface area contributed by atoms with Crippen LogP contribution in [0.3, 0.4) is 0 Å². The maximum atomic E-state index is 12.2. The van der Waals surface area contributed by atoms with Gasteiger partial charge in [0.25, 0.3) is 11.2 Å². The van der Waals surface area contributed by atoms with Crippen LogP contribution in [0.25, 0.3) is 22.6 Å². The van der Waals surface area contributed by atoms with Crippen LogP contribution in [0.4, 0.5) is 5.69 Å². The first-order valence-corrected chi connectivity index (χ1v) is 6.83. The molecule has 2 aromatic heterocycles. The van der Waals surface area contributed by atoms with Gasteiger partial charge in [-0.15, -0.1) is 0 Å². The Morgan fingerprint density at radius 3 is 2.58 bits per heavy atom. The lowest BCUT2D eigenvalue weighted by molar-refractivity contribution is -0.384. The van der Waals surface area contributed by atoms with Crippen molar-refractivity contribution in [1.82, 2.24) is 19.1 Å². The van der Waals surface area contributed by atoms with Crippen LogP contribution in [-0.4, -0.2) is 31.1 Å². The van der Waals surface area contributed by atoms with Gasteiger partial charge in [-0.1, -0.05) is 0 Å². The maximum absolute atomic E-state index is 12.2. The molecule has 3 rings (SSSR count). The Hall–Kier alpha value is -3.43. The number of methoxy groups -OCH3 is 1. The number of aryl methyl sites for hydroxylation is 1. The molecule has 0 amide bonds. The number of non-ortho nitro benzene ring substituents is 1. The second-order valence-electron chi connectivity index (χ2n) is 5.13. The molecule has 10 heteroatoms. The number of rotatable bonds is 3. The van der Waals surface area contributed by atoms with Crippen molar-refractivity contribution in [3.8, 4) is 17.1 Å². The number of imidazole rings is 1. The van der Waals surface area contributed by atoms with Crippen molar-refractivity contribution in [2.75, 3.05) is 7.11 Å². The number of aromatic nitrogens is 4. The molecule has 1 N–H and O–H groups in total. The summed E-state index contributed by atoms with van der Waals surface area (Å²) in [6, 6.07) is 4.04. The van der Waals surface area contributed by atoms with Gasteiger partial charge in [-0.25, -0.2) is 9.78 Å². The number of hydrogen-bond acceptors (Lipinski definition) is 6. The van der Waals surface area contributed by atoms with Gasteiger partial charge >= 0.3 is 5.69 Å². The van der Waals surface area contributed by atoms with E-state index in [0.29, 0.717) is 5.56 Å². The van der Waals surface area contributed by atoms with E-state index >= 15 is 0 Å². The van der Waals surface area contributed by atoms with E-state index in [0.717, 1.165) is 4.57 Å². The van der Waals surface area contributed by atoms with E-state index in [1.807, 2.05) is 0 Å². The number of nitrogens with one attached hydrogen (secondary N) is 1. The molecule has 0 spiro atoms. The molecule has 0 atom stereocenters. The van der Waals surface area contributed by atoms with Crippen LogP contribution in [0, 0.1) is 10.1 Å². The summed E-state index contributed by atoms with van der Waals surface area (Å²) in [7, 11) is 4.25. The predicted octanol–water partition coefficient (Wildman–Crippen LogP) is 0.544. The van der Waals surface area contributed by atoms with Gasteiger partial charge in [-0.05, 0) is 6.07 Å². The van der Waals surface area contributed by atoms with Crippen LogP contribution < -0.4 is 16.0 Å². The lowest BCUT2D eigenvalue weighted by atomic mass is 10.1. The number of nitro benzene ring substituents is 1. The van der Waals surface area contributed by atoms with E-state index in [-0.39, 0.29) is 28.4 Å². The van der Waals surface area contributed by atoms with Gasteiger partial charge in [0, 0.05) is 20.2 Å². The van der Waals surface area contributed by atoms with Gasteiger partial charge in [0.2, 0.25) is 0 Å². The van der Waals surface area contributed by atoms with Crippen LogP contribution in [0.5, 0.6) is 5.75 Å². The summed E-state index contributed by atoms with van der Waals surface area (Å²) in [4.78, 5) is 41.6. The third-order valence-corrected chi connectivity index (χ3v) is 3.75. The Morgan fingerprint density at radius 1 is 1.25 bits per heavy atom. The van der Waals surface area contributed by atoms with Crippen molar-refractivity contribution in [1.29, 1.82) is 0 Å². The van der Waals surface area contributed by atoms with Crippen molar-refractivity contribution >= 4 is 16.9 Å². The second kappa shape index (κ2) is 5.33. The second-order valence-corrected chi connectivity index (χ2v) is 5.13. The van der Waals surface area contributed by atoms with E-state index in [4.69, 9.17) is 4.74 Å². The molecule has 0 aliphatic carbocycles. The Kier molecular flexibility index (Phi) is 3.44. The molecule has 0 saturated carbocycles. The van der Waals surface area contributed by atoms with Crippen LogP contribution in [0.2, 0.25) is 0 Å². The summed E-state index contributed by atoms with van der Waals surface area (Å²) in [6.07, 6.45) is 0. The summed E-state index contributed by atoms with van der Waals surface area (Å²) in [6.45, 7) is 0. The van der Waals surface area contributed by atoms with Crippen molar-refractivity contribution in [2.24, 2.45) is 14.1 Å². The Morgan fingerprint density at radius 2 is 1.96 bits per heavy atom. The number of aromatic amines is 1. The predicted molar refractivity (Wildman–Crippen MR) is 85.2 cm³/mol. The Labute approximate surface area is 134 Å². The van der Waals surface area contributed by atoms with Crippen LogP contribution in [0.15, 0.2) is 27.8 Å². The molecule has 0 aliphatic rings. The normalized spacial score (nSPS) is 11.0. The van der Waals surface area contributed by atoms with Crippen molar-refractivity contribution in [2.45, 2.75) is 0 Å². The van der Waals surface area contributed by atoms with E-state index in [1.165, 1.54) is 44.0 Å². The molecule has 124 valence electrons. The SMILES string of the molecule is COc1cc([N+](=O)[O-])ccc1-c1nc2c([nH]1)c(=O)n(C)c(=O)n2C. The minimum Gasteiger partial charge on any atom is -0.496 e. The molecule has 0 bridgehead atoms. The zero-order valence-electron chi connectivity index (χ0n) is 13.1. The first kappa shape index (κ1) is 15.5. The van der Waals surface area contributed by atoms with Gasteiger partial charge in [0.1, 0.15) is 17.1 Å². The zero-order chi connectivity index (χ0) is 17.6. The maximum Gasteiger partial charge on any atom is 0.332 e. The molecule has 0 fully saturated rings. The lowest BCUT2D eigenvalue weighted by Gasteiger charge is -2.05. The van der Waals surface area contributed by atoms with Gasteiger partial charge in [0.05, 0.1) is 23.7 Å². The van der Waals surface area contributed by atoms with Gasteiger partial charge in [-0.2, -0.15) is 0 Å². The fourth-order valence-electron chi connectivity index (χ4n) is 2.44. The number of H-pyrrole nitrogens is 1. The molecule has 0 saturated heterocycles. The van der Waals surface area contributed by atoms with Crippen LogP contribution in [0.1, 0.15) is 0 Å². The van der Waals surface area contributed by atoms with Crippen molar-refractivity contribution in [3.05, 3.63) is 49.2 Å².